The van der Waals surface area contributed by atoms with Crippen LogP contribution in [0.2, 0.25) is 0 Å². The number of benzene rings is 2. The minimum Gasteiger partial charge on any atom is -0.330 e. The number of para-hydroxylation sites is 2. The van der Waals surface area contributed by atoms with Gasteiger partial charge >= 0.3 is 0 Å². The molecule has 0 spiro atoms. The van der Waals surface area contributed by atoms with E-state index in [1.807, 2.05) is 54.3 Å². The molecule has 1 aliphatic heterocycles. The van der Waals surface area contributed by atoms with E-state index >= 15 is 0 Å². The number of hydrogen-bond acceptors (Lipinski definition) is 3. The Hall–Kier alpha value is -1.85. The molecule has 0 fully saturated rings. The number of nitrogens with one attached hydrogen (secondary N) is 1. The molecule has 1 heterocycles. The molecule has 0 saturated heterocycles. The highest BCUT2D eigenvalue weighted by atomic mass is 79.9. The van der Waals surface area contributed by atoms with Crippen LogP contribution in [-0.2, 0) is 4.79 Å². The van der Waals surface area contributed by atoms with Gasteiger partial charge in [0.2, 0.25) is 5.91 Å². The highest BCUT2D eigenvalue weighted by Crippen LogP contribution is 2.36. The fourth-order valence-electron chi connectivity index (χ4n) is 2.52. The topological polar surface area (TPSA) is 58.4 Å². The summed E-state index contributed by atoms with van der Waals surface area (Å²) < 4.78 is 0.957. The van der Waals surface area contributed by atoms with Crippen molar-refractivity contribution in [3.8, 4) is 0 Å². The fourth-order valence-corrected chi connectivity index (χ4v) is 3.24. The smallest absolute Gasteiger partial charge is 0.244 e. The first-order valence-electron chi connectivity index (χ1n) is 6.77. The zero-order chi connectivity index (χ0) is 15.0. The summed E-state index contributed by atoms with van der Waals surface area (Å²) in [7, 11) is 0. The van der Waals surface area contributed by atoms with Crippen LogP contribution in [0, 0.1) is 0 Å². The predicted octanol–water partition coefficient (Wildman–Crippen LogP) is 3.56. The van der Waals surface area contributed by atoms with Crippen molar-refractivity contribution in [3.63, 3.8) is 0 Å². The molecular formula is C16H16BrN3O. The summed E-state index contributed by atoms with van der Waals surface area (Å²) in [5.41, 5.74) is 9.78. The van der Waals surface area contributed by atoms with Crippen LogP contribution >= 0.6 is 15.9 Å². The number of nitrogens with zero attached hydrogens (tertiary/aromatic N) is 1. The molecule has 1 amide bonds. The van der Waals surface area contributed by atoms with Crippen LogP contribution in [-0.4, -0.2) is 12.5 Å². The first kappa shape index (κ1) is 14.1. The second-order valence-electron chi connectivity index (χ2n) is 5.15. The van der Waals surface area contributed by atoms with Gasteiger partial charge in [0, 0.05) is 16.2 Å². The number of hydrogen-bond donors (Lipinski definition) is 2. The lowest BCUT2D eigenvalue weighted by atomic mass is 10.1. The molecule has 5 heteroatoms. The Morgan fingerprint density at radius 1 is 1.29 bits per heavy atom. The van der Waals surface area contributed by atoms with E-state index in [1.54, 1.807) is 0 Å². The van der Waals surface area contributed by atoms with Gasteiger partial charge in [0.15, 0.2) is 0 Å². The molecular weight excluding hydrogens is 330 g/mol. The van der Waals surface area contributed by atoms with Crippen molar-refractivity contribution in [3.05, 3.63) is 52.5 Å². The largest absolute Gasteiger partial charge is 0.330 e. The molecule has 3 rings (SSSR count). The van der Waals surface area contributed by atoms with Gasteiger partial charge in [0.1, 0.15) is 6.54 Å². The van der Waals surface area contributed by atoms with Gasteiger partial charge in [-0.3, -0.25) is 4.79 Å². The number of halogens is 1. The molecule has 2 aromatic carbocycles. The van der Waals surface area contributed by atoms with E-state index in [4.69, 9.17) is 5.73 Å². The summed E-state index contributed by atoms with van der Waals surface area (Å²) in [6.45, 7) is 2.25. The predicted molar refractivity (Wildman–Crippen MR) is 88.8 cm³/mol. The monoisotopic (exact) mass is 345 g/mol. The van der Waals surface area contributed by atoms with Gasteiger partial charge in [-0.25, -0.2) is 0 Å². The molecule has 4 nitrogen and oxygen atoms in total. The van der Waals surface area contributed by atoms with Gasteiger partial charge in [-0.2, -0.15) is 0 Å². The Morgan fingerprint density at radius 3 is 2.76 bits per heavy atom. The SMILES string of the molecule is C[C@H](N)c1ccc(N2CC(=O)Nc3ccccc32)cc1Br. The normalized spacial score (nSPS) is 15.4. The maximum Gasteiger partial charge on any atom is 0.244 e. The van der Waals surface area contributed by atoms with E-state index in [0.717, 1.165) is 27.1 Å². The molecule has 0 aliphatic carbocycles. The second kappa shape index (κ2) is 5.50. The average molecular weight is 346 g/mol. The highest BCUT2D eigenvalue weighted by Gasteiger charge is 2.23. The minimum atomic E-state index is -0.0367. The molecule has 108 valence electrons. The third-order valence-corrected chi connectivity index (χ3v) is 4.24. The van der Waals surface area contributed by atoms with Gasteiger partial charge in [0.05, 0.1) is 11.4 Å². The number of carbonyl (C=O) groups excluding carboxylic acids is 1. The van der Waals surface area contributed by atoms with E-state index in [1.165, 1.54) is 0 Å². The Morgan fingerprint density at radius 2 is 2.05 bits per heavy atom. The Kier molecular flexibility index (Phi) is 3.69. The number of amides is 1. The summed E-state index contributed by atoms with van der Waals surface area (Å²) >= 11 is 3.56. The molecule has 21 heavy (non-hydrogen) atoms. The van der Waals surface area contributed by atoms with E-state index in [2.05, 4.69) is 21.2 Å². The van der Waals surface area contributed by atoms with Crippen molar-refractivity contribution < 1.29 is 4.79 Å². The van der Waals surface area contributed by atoms with Gasteiger partial charge in [-0.1, -0.05) is 34.1 Å². The summed E-state index contributed by atoms with van der Waals surface area (Å²) in [5.74, 6) is -0.0129. The lowest BCUT2D eigenvalue weighted by Crippen LogP contribution is -2.35. The third kappa shape index (κ3) is 2.66. The lowest BCUT2D eigenvalue weighted by molar-refractivity contribution is -0.115. The number of carbonyl (C=O) groups is 1. The number of fused-ring (bicyclic) bond motifs is 1. The maximum absolute atomic E-state index is 11.9. The summed E-state index contributed by atoms with van der Waals surface area (Å²) in [5, 5.41) is 2.89. The van der Waals surface area contributed by atoms with Crippen molar-refractivity contribution in [2.24, 2.45) is 5.73 Å². The van der Waals surface area contributed by atoms with Crippen molar-refractivity contribution in [2.75, 3.05) is 16.8 Å². The van der Waals surface area contributed by atoms with E-state index < -0.39 is 0 Å². The van der Waals surface area contributed by atoms with Gasteiger partial charge in [0.25, 0.3) is 0 Å². The second-order valence-corrected chi connectivity index (χ2v) is 6.00. The van der Waals surface area contributed by atoms with Crippen LogP contribution in [0.1, 0.15) is 18.5 Å². The zero-order valence-electron chi connectivity index (χ0n) is 11.6. The first-order chi connectivity index (χ1) is 10.1. The fraction of sp³-hybridized carbons (Fsp3) is 0.188. The summed E-state index contributed by atoms with van der Waals surface area (Å²) in [4.78, 5) is 13.9. The van der Waals surface area contributed by atoms with Crippen LogP contribution in [0.25, 0.3) is 0 Å². The summed E-state index contributed by atoms with van der Waals surface area (Å²) in [6, 6.07) is 13.8. The molecule has 0 aromatic heterocycles. The van der Waals surface area contributed by atoms with Crippen molar-refractivity contribution in [1.82, 2.24) is 0 Å². The molecule has 2 aromatic rings. The Bertz CT molecular complexity index is 700. The van der Waals surface area contributed by atoms with Crippen LogP contribution < -0.4 is 16.0 Å². The number of anilines is 3. The van der Waals surface area contributed by atoms with E-state index in [9.17, 15) is 4.79 Å². The molecule has 1 atom stereocenters. The minimum absolute atomic E-state index is 0.0129. The number of rotatable bonds is 2. The van der Waals surface area contributed by atoms with Crippen LogP contribution in [0.3, 0.4) is 0 Å². The Balaban J connectivity index is 2.05. The van der Waals surface area contributed by atoms with Crippen molar-refractivity contribution >= 4 is 38.9 Å². The molecule has 0 saturated carbocycles. The molecule has 1 aliphatic rings. The molecule has 0 radical (unpaired) electrons. The molecule has 0 bridgehead atoms. The highest BCUT2D eigenvalue weighted by molar-refractivity contribution is 9.10. The number of nitrogens with two attached hydrogens (primary N) is 1. The quantitative estimate of drug-likeness (QED) is 0.874. The molecule has 3 N–H and O–H groups in total. The average Bonchev–Trinajstić information content (AvgIpc) is 2.45. The van der Waals surface area contributed by atoms with E-state index in [-0.39, 0.29) is 11.9 Å². The third-order valence-electron chi connectivity index (χ3n) is 3.56. The lowest BCUT2D eigenvalue weighted by Gasteiger charge is -2.31. The zero-order valence-corrected chi connectivity index (χ0v) is 13.2. The standard InChI is InChI=1S/C16H16BrN3O/c1-10(18)12-7-6-11(8-13(12)17)20-9-16(21)19-14-4-2-3-5-15(14)20/h2-8,10H,9,18H2,1H3,(H,19,21)/t10-/m0/s1. The van der Waals surface area contributed by atoms with Crippen LogP contribution in [0.4, 0.5) is 17.1 Å². The first-order valence-corrected chi connectivity index (χ1v) is 7.57. The summed E-state index contributed by atoms with van der Waals surface area (Å²) in [6.07, 6.45) is 0. The van der Waals surface area contributed by atoms with Gasteiger partial charge in [-0.05, 0) is 36.8 Å². The van der Waals surface area contributed by atoms with Gasteiger partial charge in [-0.15, -0.1) is 0 Å². The van der Waals surface area contributed by atoms with Gasteiger partial charge < -0.3 is 16.0 Å². The van der Waals surface area contributed by atoms with Crippen LogP contribution in [0.5, 0.6) is 0 Å². The van der Waals surface area contributed by atoms with Crippen molar-refractivity contribution in [2.45, 2.75) is 13.0 Å². The molecule has 0 unspecified atom stereocenters. The maximum atomic E-state index is 11.9. The van der Waals surface area contributed by atoms with E-state index in [0.29, 0.717) is 6.54 Å². The van der Waals surface area contributed by atoms with Crippen molar-refractivity contribution in [1.29, 1.82) is 0 Å². The van der Waals surface area contributed by atoms with Crippen LogP contribution in [0.15, 0.2) is 46.9 Å². The Labute approximate surface area is 132 Å².